The van der Waals surface area contributed by atoms with Crippen LogP contribution in [-0.4, -0.2) is 45.7 Å². The summed E-state index contributed by atoms with van der Waals surface area (Å²) in [5.74, 6) is 2.38. The Bertz CT molecular complexity index is 1210. The minimum Gasteiger partial charge on any atom is -0.497 e. The second-order valence-corrected chi connectivity index (χ2v) is 7.19. The molecule has 3 heterocycles. The molecule has 8 nitrogen and oxygen atoms in total. The van der Waals surface area contributed by atoms with Crippen LogP contribution in [0.5, 0.6) is 11.5 Å². The maximum Gasteiger partial charge on any atom is 0.130 e. The number of ether oxygens (including phenoxy) is 2. The molecule has 1 radical (unpaired) electrons. The van der Waals surface area contributed by atoms with Crippen LogP contribution < -0.4 is 14.4 Å². The van der Waals surface area contributed by atoms with Crippen molar-refractivity contribution in [2.75, 3.05) is 25.7 Å². The van der Waals surface area contributed by atoms with Gasteiger partial charge in [-0.25, -0.2) is 4.98 Å². The second-order valence-electron chi connectivity index (χ2n) is 7.19. The van der Waals surface area contributed by atoms with Crippen molar-refractivity contribution in [2.45, 2.75) is 12.5 Å². The molecule has 1 atom stereocenters. The van der Waals surface area contributed by atoms with E-state index in [4.69, 9.17) is 14.5 Å². The summed E-state index contributed by atoms with van der Waals surface area (Å²) in [6.07, 6.45) is 4.09. The van der Waals surface area contributed by atoms with E-state index in [0.717, 1.165) is 46.0 Å². The van der Waals surface area contributed by atoms with Crippen molar-refractivity contribution in [1.29, 1.82) is 0 Å². The number of aromatic amines is 1. The maximum atomic E-state index is 5.46. The molecule has 0 amide bonds. The van der Waals surface area contributed by atoms with Gasteiger partial charge in [0, 0.05) is 24.7 Å². The molecule has 0 aliphatic carbocycles. The molecule has 8 heteroatoms. The first-order chi connectivity index (χ1) is 14.7. The summed E-state index contributed by atoms with van der Waals surface area (Å²) in [5.41, 5.74) is 4.62. The Hall–Kier alpha value is -3.81. The van der Waals surface area contributed by atoms with Gasteiger partial charge in [0.15, 0.2) is 0 Å². The fraction of sp³-hybridized carbons (Fsp3) is 0.227. The summed E-state index contributed by atoms with van der Waals surface area (Å²) in [7, 11) is 3.30. The quantitative estimate of drug-likeness (QED) is 0.516. The zero-order chi connectivity index (χ0) is 20.7. The first-order valence-corrected chi connectivity index (χ1v) is 9.59. The molecule has 1 aliphatic heterocycles. The third kappa shape index (κ3) is 3.06. The van der Waals surface area contributed by atoms with Crippen LogP contribution in [0.15, 0.2) is 54.9 Å². The van der Waals surface area contributed by atoms with Crippen molar-refractivity contribution in [1.82, 2.24) is 25.0 Å². The number of anilines is 1. The number of rotatable bonds is 5. The maximum absolute atomic E-state index is 5.46. The molecule has 1 aliphatic rings. The van der Waals surface area contributed by atoms with Gasteiger partial charge in [-0.3, -0.25) is 0 Å². The molecule has 1 saturated heterocycles. The topological polar surface area (TPSA) is 81.1 Å². The summed E-state index contributed by atoms with van der Waals surface area (Å²) >= 11 is 0. The van der Waals surface area contributed by atoms with E-state index in [1.54, 1.807) is 37.5 Å². The number of nitrogens with zero attached hydrogens (tertiary/aromatic N) is 5. The van der Waals surface area contributed by atoms with Gasteiger partial charge in [0.1, 0.15) is 23.0 Å². The molecular weight excluding hydrogens is 380 g/mol. The van der Waals surface area contributed by atoms with Gasteiger partial charge >= 0.3 is 0 Å². The van der Waals surface area contributed by atoms with E-state index >= 15 is 0 Å². The summed E-state index contributed by atoms with van der Waals surface area (Å²) < 4.78 is 10.8. The molecule has 0 unspecified atom stereocenters. The van der Waals surface area contributed by atoms with Crippen LogP contribution in [0.2, 0.25) is 0 Å². The lowest BCUT2D eigenvalue weighted by atomic mass is 10.1. The molecular formula is C22H21N6O2. The van der Waals surface area contributed by atoms with Gasteiger partial charge in [-0.05, 0) is 24.6 Å². The third-order valence-electron chi connectivity index (χ3n) is 5.31. The third-order valence-corrected chi connectivity index (χ3v) is 5.31. The lowest BCUT2D eigenvalue weighted by molar-refractivity contribution is 0.414. The summed E-state index contributed by atoms with van der Waals surface area (Å²) in [6.45, 7) is 4.93. The van der Waals surface area contributed by atoms with Crippen LogP contribution in [0.1, 0.15) is 18.3 Å². The van der Waals surface area contributed by atoms with Crippen LogP contribution >= 0.6 is 0 Å². The van der Waals surface area contributed by atoms with E-state index in [0.29, 0.717) is 12.3 Å². The smallest absolute Gasteiger partial charge is 0.130 e. The highest BCUT2D eigenvalue weighted by Crippen LogP contribution is 2.41. The Labute approximate surface area is 173 Å². The number of hydrogen-bond donors (Lipinski definition) is 1. The van der Waals surface area contributed by atoms with Gasteiger partial charge in [0.25, 0.3) is 0 Å². The highest BCUT2D eigenvalue weighted by Gasteiger charge is 2.33. The number of imidazole rings is 1. The predicted molar refractivity (Wildman–Crippen MR) is 113 cm³/mol. The predicted octanol–water partition coefficient (Wildman–Crippen LogP) is 3.47. The Balaban J connectivity index is 1.61. The number of H-pyrrole nitrogens is 1. The molecule has 5 rings (SSSR count). The van der Waals surface area contributed by atoms with Crippen molar-refractivity contribution in [3.8, 4) is 17.2 Å². The highest BCUT2D eigenvalue weighted by molar-refractivity contribution is 5.77. The first-order valence-electron chi connectivity index (χ1n) is 9.59. The average molecular weight is 401 g/mol. The largest absolute Gasteiger partial charge is 0.497 e. The summed E-state index contributed by atoms with van der Waals surface area (Å²) in [4.78, 5) is 12.1. The Morgan fingerprint density at radius 2 is 1.93 bits per heavy atom. The molecule has 30 heavy (non-hydrogen) atoms. The molecule has 1 fully saturated rings. The van der Waals surface area contributed by atoms with Crippen molar-refractivity contribution in [3.63, 3.8) is 0 Å². The van der Waals surface area contributed by atoms with Gasteiger partial charge in [0.2, 0.25) is 0 Å². The molecule has 151 valence electrons. The van der Waals surface area contributed by atoms with Gasteiger partial charge < -0.3 is 19.4 Å². The number of hydrogen-bond acceptors (Lipinski definition) is 6. The number of aromatic nitrogens is 5. The van der Waals surface area contributed by atoms with Crippen molar-refractivity contribution >= 4 is 16.7 Å². The van der Waals surface area contributed by atoms with Crippen molar-refractivity contribution in [3.05, 3.63) is 66.8 Å². The molecule has 1 N–H and O–H groups in total. The average Bonchev–Trinajstić information content (AvgIpc) is 3.51. The normalized spacial score (nSPS) is 16.4. The van der Waals surface area contributed by atoms with Crippen LogP contribution in [-0.2, 0) is 0 Å². The monoisotopic (exact) mass is 401 g/mol. The van der Waals surface area contributed by atoms with Crippen molar-refractivity contribution in [2.24, 2.45) is 0 Å². The SMILES string of the molecule is C=C1C[C@@H](c2nc3ccc(OC)cc3[nH]2)N(c2cc(OC)c[c]c2-n2nccn2)C1. The Kier molecular flexibility index (Phi) is 4.39. The van der Waals surface area contributed by atoms with Gasteiger partial charge in [-0.1, -0.05) is 12.2 Å². The van der Waals surface area contributed by atoms with Crippen LogP contribution in [0, 0.1) is 6.07 Å². The van der Waals surface area contributed by atoms with E-state index < -0.39 is 0 Å². The number of nitrogens with one attached hydrogen (secondary N) is 1. The summed E-state index contributed by atoms with van der Waals surface area (Å²) in [6, 6.07) is 12.8. The van der Waals surface area contributed by atoms with Gasteiger partial charge in [-0.15, -0.1) is 4.80 Å². The lowest BCUT2D eigenvalue weighted by Crippen LogP contribution is -2.25. The first kappa shape index (κ1) is 18.2. The fourth-order valence-electron chi connectivity index (χ4n) is 3.88. The van der Waals surface area contributed by atoms with E-state index in [1.165, 1.54) is 0 Å². The standard InChI is InChI=1S/C22H21N6O2/c1-14-10-21(22-25-17-6-4-15(29-2)11-18(17)26-22)27(13-14)20-12-16(30-3)5-7-19(20)28-23-8-9-24-28/h4-6,8-9,11-12,21H,1,10,13H2,2-3H3,(H,25,26)/t21-/m0/s1. The van der Waals surface area contributed by atoms with Gasteiger partial charge in [0.05, 0.1) is 49.4 Å². The Morgan fingerprint density at radius 1 is 1.13 bits per heavy atom. The fourth-order valence-corrected chi connectivity index (χ4v) is 3.88. The van der Waals surface area contributed by atoms with E-state index in [-0.39, 0.29) is 6.04 Å². The van der Waals surface area contributed by atoms with Crippen LogP contribution in [0.4, 0.5) is 5.69 Å². The highest BCUT2D eigenvalue weighted by atomic mass is 16.5. The van der Waals surface area contributed by atoms with E-state index in [1.807, 2.05) is 24.3 Å². The zero-order valence-corrected chi connectivity index (χ0v) is 16.8. The lowest BCUT2D eigenvalue weighted by Gasteiger charge is -2.27. The van der Waals surface area contributed by atoms with Gasteiger partial charge in [-0.2, -0.15) is 10.2 Å². The van der Waals surface area contributed by atoms with Crippen molar-refractivity contribution < 1.29 is 9.47 Å². The number of fused-ring (bicyclic) bond motifs is 1. The molecule has 2 aromatic carbocycles. The molecule has 0 saturated carbocycles. The molecule has 4 aromatic rings. The number of methoxy groups -OCH3 is 2. The zero-order valence-electron chi connectivity index (χ0n) is 16.8. The minimum absolute atomic E-state index is 0.00860. The summed E-state index contributed by atoms with van der Waals surface area (Å²) in [5, 5.41) is 8.58. The molecule has 0 bridgehead atoms. The van der Waals surface area contributed by atoms with Crippen LogP contribution in [0.3, 0.4) is 0 Å². The van der Waals surface area contributed by atoms with Crippen LogP contribution in [0.25, 0.3) is 16.7 Å². The number of benzene rings is 2. The minimum atomic E-state index is -0.00860. The second kappa shape index (κ2) is 7.22. The Morgan fingerprint density at radius 3 is 2.70 bits per heavy atom. The van der Waals surface area contributed by atoms with E-state index in [9.17, 15) is 0 Å². The van der Waals surface area contributed by atoms with E-state index in [2.05, 4.69) is 32.7 Å². The molecule has 0 spiro atoms. The molecule has 2 aromatic heterocycles.